The highest BCUT2D eigenvalue weighted by molar-refractivity contribution is 6.16. The number of carbonyl (C=O) groups excluding carboxylic acids is 1. The molecule has 0 atom stereocenters. The topological polar surface area (TPSA) is 55.8 Å². The lowest BCUT2D eigenvalue weighted by molar-refractivity contribution is -0.148. The summed E-state index contributed by atoms with van der Waals surface area (Å²) in [6.07, 6.45) is 0.859. The zero-order valence-electron chi connectivity index (χ0n) is 9.81. The zero-order chi connectivity index (χ0) is 12.7. The Labute approximate surface area is 100 Å². The molecule has 0 saturated heterocycles. The van der Waals surface area contributed by atoms with Crippen LogP contribution in [0.4, 0.5) is 0 Å². The Morgan fingerprint density at radius 1 is 1.41 bits per heavy atom. The van der Waals surface area contributed by atoms with E-state index in [4.69, 9.17) is 9.47 Å². The molecule has 0 aliphatic carbocycles. The van der Waals surface area contributed by atoms with Crippen LogP contribution in [-0.2, 0) is 14.3 Å². The largest absolute Gasteiger partial charge is 0.507 e. The Hall–Kier alpha value is -1.81. The van der Waals surface area contributed by atoms with E-state index < -0.39 is 5.97 Å². The summed E-state index contributed by atoms with van der Waals surface area (Å²) in [5.74, 6) is -0.591. The van der Waals surface area contributed by atoms with E-state index in [1.807, 2.05) is 6.92 Å². The normalized spacial score (nSPS) is 9.94. The monoisotopic (exact) mass is 236 g/mol. The molecule has 1 N–H and O–H groups in total. The van der Waals surface area contributed by atoms with Crippen molar-refractivity contribution >= 4 is 11.5 Å². The molecule has 1 aromatic rings. The van der Waals surface area contributed by atoms with Crippen LogP contribution < -0.4 is 0 Å². The van der Waals surface area contributed by atoms with Gasteiger partial charge in [-0.3, -0.25) is 0 Å². The molecule has 0 aromatic heterocycles. The van der Waals surface area contributed by atoms with Crippen molar-refractivity contribution in [2.75, 3.05) is 13.4 Å². The number of hydrogen-bond acceptors (Lipinski definition) is 4. The fourth-order valence-corrected chi connectivity index (χ4v) is 1.22. The summed E-state index contributed by atoms with van der Waals surface area (Å²) in [4.78, 5) is 11.5. The molecule has 4 heteroatoms. The number of esters is 1. The molecular weight excluding hydrogens is 220 g/mol. The van der Waals surface area contributed by atoms with Gasteiger partial charge < -0.3 is 14.6 Å². The Balaban J connectivity index is 2.53. The average Bonchev–Trinajstić information content (AvgIpc) is 2.34. The van der Waals surface area contributed by atoms with Gasteiger partial charge in [0.05, 0.1) is 12.2 Å². The van der Waals surface area contributed by atoms with Gasteiger partial charge in [-0.1, -0.05) is 31.7 Å². The van der Waals surface area contributed by atoms with Gasteiger partial charge in [-0.25, -0.2) is 4.79 Å². The molecule has 17 heavy (non-hydrogen) atoms. The van der Waals surface area contributed by atoms with Crippen LogP contribution in [0.3, 0.4) is 0 Å². The second-order valence-electron chi connectivity index (χ2n) is 3.45. The highest BCUT2D eigenvalue weighted by atomic mass is 16.7. The predicted octanol–water partition coefficient (Wildman–Crippen LogP) is 2.33. The predicted molar refractivity (Wildman–Crippen MR) is 64.3 cm³/mol. The molecule has 1 rings (SSSR count). The number of carbonyl (C=O) groups is 1. The van der Waals surface area contributed by atoms with Gasteiger partial charge in [0.1, 0.15) is 5.75 Å². The third-order valence-corrected chi connectivity index (χ3v) is 2.10. The number of rotatable bonds is 6. The summed E-state index contributed by atoms with van der Waals surface area (Å²) in [7, 11) is 0. The SMILES string of the molecule is C=C(C(=O)OCOCCC)c1ccccc1O. The number of hydrogen-bond donors (Lipinski definition) is 1. The smallest absolute Gasteiger partial charge is 0.340 e. The minimum atomic E-state index is -0.595. The molecule has 0 amide bonds. The number of phenolic OH excluding ortho intramolecular Hbond substituents is 1. The van der Waals surface area contributed by atoms with Gasteiger partial charge in [-0.05, 0) is 12.5 Å². The minimum Gasteiger partial charge on any atom is -0.507 e. The van der Waals surface area contributed by atoms with Gasteiger partial charge in [0.15, 0.2) is 6.79 Å². The third-order valence-electron chi connectivity index (χ3n) is 2.10. The lowest BCUT2D eigenvalue weighted by atomic mass is 10.1. The molecule has 92 valence electrons. The molecule has 4 nitrogen and oxygen atoms in total. The summed E-state index contributed by atoms with van der Waals surface area (Å²) < 4.78 is 9.87. The third kappa shape index (κ3) is 3.92. The van der Waals surface area contributed by atoms with Gasteiger partial charge in [0.2, 0.25) is 0 Å². The maximum Gasteiger partial charge on any atom is 0.340 e. The molecule has 1 aromatic carbocycles. The Morgan fingerprint density at radius 2 is 2.12 bits per heavy atom. The van der Waals surface area contributed by atoms with Crippen molar-refractivity contribution < 1.29 is 19.4 Å². The van der Waals surface area contributed by atoms with Crippen LogP contribution in [0.2, 0.25) is 0 Å². The van der Waals surface area contributed by atoms with Crippen LogP contribution in [0, 0.1) is 0 Å². The van der Waals surface area contributed by atoms with Crippen LogP contribution >= 0.6 is 0 Å². The maximum atomic E-state index is 11.5. The van der Waals surface area contributed by atoms with Crippen LogP contribution in [0.25, 0.3) is 5.57 Å². The van der Waals surface area contributed by atoms with Crippen molar-refractivity contribution in [2.45, 2.75) is 13.3 Å². The molecule has 0 bridgehead atoms. The standard InChI is InChI=1S/C13H16O4/c1-3-8-16-9-17-13(15)10(2)11-6-4-5-7-12(11)14/h4-7,14H,2-3,8-9H2,1H3. The summed E-state index contributed by atoms with van der Waals surface area (Å²) >= 11 is 0. The molecule has 0 radical (unpaired) electrons. The lowest BCUT2D eigenvalue weighted by Gasteiger charge is -2.08. The number of para-hydroxylation sites is 1. The van der Waals surface area contributed by atoms with Gasteiger partial charge in [0.25, 0.3) is 0 Å². The van der Waals surface area contributed by atoms with E-state index in [9.17, 15) is 9.90 Å². The zero-order valence-corrected chi connectivity index (χ0v) is 9.81. The van der Waals surface area contributed by atoms with E-state index >= 15 is 0 Å². The highest BCUT2D eigenvalue weighted by Crippen LogP contribution is 2.23. The summed E-state index contributed by atoms with van der Waals surface area (Å²) in [5.41, 5.74) is 0.483. The van der Waals surface area contributed by atoms with E-state index in [-0.39, 0.29) is 18.1 Å². The second-order valence-corrected chi connectivity index (χ2v) is 3.45. The molecule has 0 spiro atoms. The number of ether oxygens (including phenoxy) is 2. The molecule has 0 aliphatic rings. The van der Waals surface area contributed by atoms with Crippen LogP contribution in [0.1, 0.15) is 18.9 Å². The second kappa shape index (κ2) is 6.70. The lowest BCUT2D eigenvalue weighted by Crippen LogP contribution is -2.10. The minimum absolute atomic E-state index is 0.00364. The van der Waals surface area contributed by atoms with Crippen molar-refractivity contribution in [2.24, 2.45) is 0 Å². The number of aromatic hydroxyl groups is 1. The maximum absolute atomic E-state index is 11.5. The molecule has 0 saturated carbocycles. The van der Waals surface area contributed by atoms with Crippen molar-refractivity contribution in [3.8, 4) is 5.75 Å². The van der Waals surface area contributed by atoms with Crippen molar-refractivity contribution in [3.63, 3.8) is 0 Å². The first-order valence-corrected chi connectivity index (χ1v) is 5.39. The van der Waals surface area contributed by atoms with Crippen LogP contribution in [-0.4, -0.2) is 24.5 Å². The number of benzene rings is 1. The van der Waals surface area contributed by atoms with Crippen molar-refractivity contribution in [3.05, 3.63) is 36.4 Å². The van der Waals surface area contributed by atoms with E-state index in [1.54, 1.807) is 18.2 Å². The molecule has 0 fully saturated rings. The molecule has 0 unspecified atom stereocenters. The van der Waals surface area contributed by atoms with Gasteiger partial charge in [-0.2, -0.15) is 0 Å². The summed E-state index contributed by atoms with van der Waals surface area (Å²) in [5, 5.41) is 9.54. The first-order valence-electron chi connectivity index (χ1n) is 5.39. The quantitative estimate of drug-likeness (QED) is 0.356. The van der Waals surface area contributed by atoms with E-state index in [0.29, 0.717) is 12.2 Å². The molecular formula is C13H16O4. The first kappa shape index (κ1) is 13.3. The Bertz CT molecular complexity index is 398. The van der Waals surface area contributed by atoms with Gasteiger partial charge in [0, 0.05) is 5.56 Å². The van der Waals surface area contributed by atoms with Gasteiger partial charge >= 0.3 is 5.97 Å². The average molecular weight is 236 g/mol. The van der Waals surface area contributed by atoms with E-state index in [0.717, 1.165) is 6.42 Å². The molecule has 0 heterocycles. The summed E-state index contributed by atoms with van der Waals surface area (Å²) in [6, 6.07) is 6.47. The molecule has 0 aliphatic heterocycles. The number of phenols is 1. The summed E-state index contributed by atoms with van der Waals surface area (Å²) in [6.45, 7) is 6.00. The Morgan fingerprint density at radius 3 is 2.76 bits per heavy atom. The van der Waals surface area contributed by atoms with Gasteiger partial charge in [-0.15, -0.1) is 0 Å². The Kier molecular flexibility index (Phi) is 5.23. The van der Waals surface area contributed by atoms with E-state index in [1.165, 1.54) is 6.07 Å². The van der Waals surface area contributed by atoms with Crippen LogP contribution in [0.15, 0.2) is 30.8 Å². The highest BCUT2D eigenvalue weighted by Gasteiger charge is 2.13. The van der Waals surface area contributed by atoms with Crippen LogP contribution in [0.5, 0.6) is 5.75 Å². The van der Waals surface area contributed by atoms with Crippen molar-refractivity contribution in [1.29, 1.82) is 0 Å². The fourth-order valence-electron chi connectivity index (χ4n) is 1.22. The fraction of sp³-hybridized carbons (Fsp3) is 0.308. The van der Waals surface area contributed by atoms with E-state index in [2.05, 4.69) is 6.58 Å². The van der Waals surface area contributed by atoms with Crippen molar-refractivity contribution in [1.82, 2.24) is 0 Å². The first-order chi connectivity index (χ1) is 8.16.